The summed E-state index contributed by atoms with van der Waals surface area (Å²) in [6, 6.07) is 8.78. The highest BCUT2D eigenvalue weighted by Crippen LogP contribution is 2.53. The zero-order valence-electron chi connectivity index (χ0n) is 11.7. The lowest BCUT2D eigenvalue weighted by molar-refractivity contribution is 0.102. The van der Waals surface area contributed by atoms with Crippen molar-refractivity contribution in [3.8, 4) is 11.8 Å². The summed E-state index contributed by atoms with van der Waals surface area (Å²) in [6.45, 7) is 3.64. The quantitative estimate of drug-likeness (QED) is 0.684. The third kappa shape index (κ3) is 4.32. The first-order chi connectivity index (χ1) is 9.60. The Morgan fingerprint density at radius 1 is 1.25 bits per heavy atom. The van der Waals surface area contributed by atoms with Crippen LogP contribution in [0.2, 0.25) is 0 Å². The molecule has 0 fully saturated rings. The van der Waals surface area contributed by atoms with Gasteiger partial charge in [0.25, 0.3) is 0 Å². The molecular weight excluding hydrogens is 281 g/mol. The van der Waals surface area contributed by atoms with Gasteiger partial charge in [-0.1, -0.05) is 18.2 Å². The average Bonchev–Trinajstić information content (AvgIpc) is 2.45. The third-order valence-electron chi connectivity index (χ3n) is 2.35. The number of hydrogen-bond donors (Lipinski definition) is 0. The van der Waals surface area contributed by atoms with Gasteiger partial charge in [0.2, 0.25) is 0 Å². The van der Waals surface area contributed by atoms with Crippen LogP contribution in [-0.4, -0.2) is 20.3 Å². The maximum atomic E-state index is 12.3. The molecule has 0 aromatic heterocycles. The van der Waals surface area contributed by atoms with Crippen LogP contribution < -0.4 is 4.74 Å². The Hall–Kier alpha value is -1.38. The monoisotopic (exact) mass is 299 g/mol. The molecule has 0 aliphatic heterocycles. The minimum absolute atomic E-state index is 0.154. The van der Waals surface area contributed by atoms with Crippen molar-refractivity contribution in [1.29, 1.82) is 5.26 Å². The molecule has 0 saturated carbocycles. The van der Waals surface area contributed by atoms with Crippen LogP contribution >= 0.6 is 7.82 Å². The second kappa shape index (κ2) is 8.03. The number of phosphoric ester groups is 1. The summed E-state index contributed by atoms with van der Waals surface area (Å²) in [5.74, 6) is 0.471. The average molecular weight is 299 g/mol. The van der Waals surface area contributed by atoms with E-state index in [4.69, 9.17) is 18.3 Å². The van der Waals surface area contributed by atoms with Crippen molar-refractivity contribution in [3.05, 3.63) is 29.8 Å². The van der Waals surface area contributed by atoms with Gasteiger partial charge in [-0.05, 0) is 19.9 Å². The van der Waals surface area contributed by atoms with Gasteiger partial charge in [0.1, 0.15) is 11.8 Å². The largest absolute Gasteiger partial charge is 0.496 e. The minimum atomic E-state index is -3.77. The molecule has 0 aliphatic rings. The Kier molecular flexibility index (Phi) is 6.69. The lowest BCUT2D eigenvalue weighted by Crippen LogP contribution is -2.06. The van der Waals surface area contributed by atoms with Crippen LogP contribution in [0.1, 0.15) is 25.5 Å². The number of benzene rings is 1. The van der Waals surface area contributed by atoms with Crippen LogP contribution in [0.5, 0.6) is 5.75 Å². The van der Waals surface area contributed by atoms with Crippen LogP contribution in [0, 0.1) is 11.3 Å². The number of nitrogens with zero attached hydrogens (tertiary/aromatic N) is 1. The molecule has 1 atom stereocenters. The van der Waals surface area contributed by atoms with E-state index in [1.54, 1.807) is 38.1 Å². The Labute approximate surface area is 118 Å². The van der Waals surface area contributed by atoms with Crippen LogP contribution in [0.15, 0.2) is 24.3 Å². The fraction of sp³-hybridized carbons (Fsp3) is 0.462. The SMILES string of the molecule is CCOP(=O)(OCC)OC(C#N)c1ccccc1OC. The summed E-state index contributed by atoms with van der Waals surface area (Å²) in [5.41, 5.74) is 0.470. The second-order valence-electron chi connectivity index (χ2n) is 3.64. The van der Waals surface area contributed by atoms with E-state index in [1.165, 1.54) is 7.11 Å². The highest BCUT2D eigenvalue weighted by molar-refractivity contribution is 7.48. The normalized spacial score (nSPS) is 12.7. The summed E-state index contributed by atoms with van der Waals surface area (Å²) in [7, 11) is -2.28. The van der Waals surface area contributed by atoms with Gasteiger partial charge in [-0.15, -0.1) is 0 Å². The van der Waals surface area contributed by atoms with Gasteiger partial charge in [0, 0.05) is 5.56 Å². The molecule has 6 nitrogen and oxygen atoms in total. The van der Waals surface area contributed by atoms with Crippen molar-refractivity contribution in [3.63, 3.8) is 0 Å². The first-order valence-electron chi connectivity index (χ1n) is 6.20. The number of para-hydroxylation sites is 1. The van der Waals surface area contributed by atoms with Crippen molar-refractivity contribution in [2.24, 2.45) is 0 Å². The molecule has 0 heterocycles. The zero-order chi connectivity index (χ0) is 15.0. The van der Waals surface area contributed by atoms with Gasteiger partial charge in [0.15, 0.2) is 6.10 Å². The predicted octanol–water partition coefficient (Wildman–Crippen LogP) is 3.46. The summed E-state index contributed by atoms with van der Waals surface area (Å²) in [5, 5.41) is 9.24. The number of methoxy groups -OCH3 is 1. The van der Waals surface area contributed by atoms with Gasteiger partial charge < -0.3 is 4.74 Å². The topological polar surface area (TPSA) is 77.8 Å². The molecule has 0 amide bonds. The molecule has 0 bridgehead atoms. The highest BCUT2D eigenvalue weighted by Gasteiger charge is 2.32. The van der Waals surface area contributed by atoms with E-state index >= 15 is 0 Å². The summed E-state index contributed by atoms with van der Waals surface area (Å²) >= 11 is 0. The molecule has 1 aromatic carbocycles. The van der Waals surface area contributed by atoms with Crippen LogP contribution in [-0.2, 0) is 18.1 Å². The van der Waals surface area contributed by atoms with E-state index in [-0.39, 0.29) is 13.2 Å². The minimum Gasteiger partial charge on any atom is -0.496 e. The Bertz CT molecular complexity index is 504. The van der Waals surface area contributed by atoms with Gasteiger partial charge in [0.05, 0.1) is 20.3 Å². The predicted molar refractivity (Wildman–Crippen MR) is 73.3 cm³/mol. The van der Waals surface area contributed by atoms with Crippen LogP contribution in [0.3, 0.4) is 0 Å². The van der Waals surface area contributed by atoms with E-state index in [1.807, 2.05) is 6.07 Å². The number of phosphoric acid groups is 1. The smallest absolute Gasteiger partial charge is 0.476 e. The van der Waals surface area contributed by atoms with E-state index in [9.17, 15) is 9.83 Å². The molecule has 20 heavy (non-hydrogen) atoms. The number of hydrogen-bond acceptors (Lipinski definition) is 6. The maximum absolute atomic E-state index is 12.3. The van der Waals surface area contributed by atoms with E-state index < -0.39 is 13.9 Å². The molecule has 7 heteroatoms. The van der Waals surface area contributed by atoms with Gasteiger partial charge in [-0.25, -0.2) is 4.57 Å². The van der Waals surface area contributed by atoms with Crippen molar-refractivity contribution in [1.82, 2.24) is 0 Å². The Balaban J connectivity index is 3.02. The van der Waals surface area contributed by atoms with E-state index in [0.29, 0.717) is 11.3 Å². The van der Waals surface area contributed by atoms with Crippen LogP contribution in [0.25, 0.3) is 0 Å². The van der Waals surface area contributed by atoms with Crippen molar-refractivity contribution in [2.45, 2.75) is 20.0 Å². The first kappa shape index (κ1) is 16.7. The van der Waals surface area contributed by atoms with Gasteiger partial charge in [-0.3, -0.25) is 13.6 Å². The molecular formula is C13H18NO5P. The lowest BCUT2D eigenvalue weighted by Gasteiger charge is -2.20. The third-order valence-corrected chi connectivity index (χ3v) is 3.97. The molecule has 0 spiro atoms. The van der Waals surface area contributed by atoms with Gasteiger partial charge in [-0.2, -0.15) is 5.26 Å². The Morgan fingerprint density at radius 3 is 2.35 bits per heavy atom. The maximum Gasteiger partial charge on any atom is 0.476 e. The zero-order valence-corrected chi connectivity index (χ0v) is 12.6. The van der Waals surface area contributed by atoms with Crippen molar-refractivity contribution < 1.29 is 22.9 Å². The molecule has 0 saturated heterocycles. The van der Waals surface area contributed by atoms with E-state index in [0.717, 1.165) is 0 Å². The van der Waals surface area contributed by atoms with Crippen molar-refractivity contribution >= 4 is 7.82 Å². The molecule has 1 aromatic rings. The number of rotatable bonds is 8. The van der Waals surface area contributed by atoms with Gasteiger partial charge >= 0.3 is 7.82 Å². The summed E-state index contributed by atoms with van der Waals surface area (Å²) < 4.78 is 32.8. The summed E-state index contributed by atoms with van der Waals surface area (Å²) in [4.78, 5) is 0. The lowest BCUT2D eigenvalue weighted by atomic mass is 10.1. The highest BCUT2D eigenvalue weighted by atomic mass is 31.2. The van der Waals surface area contributed by atoms with Crippen molar-refractivity contribution in [2.75, 3.05) is 20.3 Å². The molecule has 0 radical (unpaired) electrons. The molecule has 1 rings (SSSR count). The standard InChI is InChI=1S/C13H18NO5P/c1-4-17-20(15,18-5-2)19-13(10-14)11-8-6-7-9-12(11)16-3/h6-9,13H,4-5H2,1-3H3. The number of nitriles is 1. The summed E-state index contributed by atoms with van der Waals surface area (Å²) in [6.07, 6.45) is -1.10. The first-order valence-corrected chi connectivity index (χ1v) is 7.66. The Morgan fingerprint density at radius 2 is 1.85 bits per heavy atom. The second-order valence-corrected chi connectivity index (χ2v) is 5.26. The molecule has 0 aliphatic carbocycles. The fourth-order valence-electron chi connectivity index (χ4n) is 1.58. The van der Waals surface area contributed by atoms with E-state index in [2.05, 4.69) is 0 Å². The van der Waals surface area contributed by atoms with Crippen LogP contribution in [0.4, 0.5) is 0 Å². The number of ether oxygens (including phenoxy) is 1. The molecule has 110 valence electrons. The fourth-order valence-corrected chi connectivity index (χ4v) is 2.82. The molecule has 0 N–H and O–H groups in total. The molecule has 1 unspecified atom stereocenters.